The van der Waals surface area contributed by atoms with Crippen LogP contribution in [0.2, 0.25) is 0 Å². The number of carbonyl (C=O) groups excluding carboxylic acids is 1. The maximum Gasteiger partial charge on any atom is 0.157 e. The normalized spacial score (nSPS) is 38.4. The third kappa shape index (κ3) is 3.17. The van der Waals surface area contributed by atoms with Crippen LogP contribution in [-0.4, -0.2) is 25.8 Å². The van der Waals surface area contributed by atoms with Crippen molar-refractivity contribution < 1.29 is 14.3 Å². The highest BCUT2D eigenvalue weighted by Crippen LogP contribution is 2.33. The summed E-state index contributed by atoms with van der Waals surface area (Å²) in [5.74, 6) is 0.902. The highest BCUT2D eigenvalue weighted by atomic mass is 16.7. The lowest BCUT2D eigenvalue weighted by Gasteiger charge is -2.34. The second kappa shape index (κ2) is 5.78. The molecule has 0 spiro atoms. The van der Waals surface area contributed by atoms with Gasteiger partial charge in [0.05, 0.1) is 6.61 Å². The van der Waals surface area contributed by atoms with Gasteiger partial charge in [-0.2, -0.15) is 0 Å². The van der Waals surface area contributed by atoms with E-state index in [9.17, 15) is 4.79 Å². The van der Waals surface area contributed by atoms with Crippen molar-refractivity contribution in [3.63, 3.8) is 0 Å². The lowest BCUT2D eigenvalue weighted by Crippen LogP contribution is -2.38. The smallest absolute Gasteiger partial charge is 0.157 e. The lowest BCUT2D eigenvalue weighted by molar-refractivity contribution is -0.180. The van der Waals surface area contributed by atoms with Crippen LogP contribution in [0.3, 0.4) is 0 Å². The van der Waals surface area contributed by atoms with Crippen LogP contribution in [0.4, 0.5) is 0 Å². The minimum Gasteiger partial charge on any atom is -0.356 e. The van der Waals surface area contributed by atoms with Gasteiger partial charge >= 0.3 is 0 Å². The summed E-state index contributed by atoms with van der Waals surface area (Å²) in [6.45, 7) is 2.71. The van der Waals surface area contributed by atoms with Crippen LogP contribution in [0.5, 0.6) is 0 Å². The van der Waals surface area contributed by atoms with Crippen LogP contribution < -0.4 is 0 Å². The standard InChI is InChI=1S/C14H22O3/c1-10-4-3-5-13(15)12-9-17-14(16-2)8-11(12)7-6-10/h4,11-12,14H,3,5-9H2,1-2H3/b10-4+/t11-,12-,14-/m1/s1. The Morgan fingerprint density at radius 1 is 1.41 bits per heavy atom. The molecule has 0 aromatic heterocycles. The van der Waals surface area contributed by atoms with Gasteiger partial charge in [0.15, 0.2) is 6.29 Å². The van der Waals surface area contributed by atoms with Crippen LogP contribution in [0.15, 0.2) is 11.6 Å². The zero-order valence-electron chi connectivity index (χ0n) is 10.8. The van der Waals surface area contributed by atoms with Gasteiger partial charge in [-0.15, -0.1) is 0 Å². The van der Waals surface area contributed by atoms with E-state index in [4.69, 9.17) is 9.47 Å². The van der Waals surface area contributed by atoms with Gasteiger partial charge in [0.1, 0.15) is 5.78 Å². The lowest BCUT2D eigenvalue weighted by atomic mass is 9.81. The molecule has 1 heterocycles. The maximum absolute atomic E-state index is 12.1. The van der Waals surface area contributed by atoms with Crippen molar-refractivity contribution in [3.8, 4) is 0 Å². The number of ether oxygens (including phenoxy) is 2. The van der Waals surface area contributed by atoms with Crippen molar-refractivity contribution in [1.29, 1.82) is 0 Å². The van der Waals surface area contributed by atoms with Gasteiger partial charge in [0.2, 0.25) is 0 Å². The predicted molar refractivity (Wildman–Crippen MR) is 65.6 cm³/mol. The Balaban J connectivity index is 2.07. The summed E-state index contributed by atoms with van der Waals surface area (Å²) in [6, 6.07) is 0. The first-order valence-electron chi connectivity index (χ1n) is 6.53. The van der Waals surface area contributed by atoms with E-state index in [1.54, 1.807) is 7.11 Å². The van der Waals surface area contributed by atoms with E-state index < -0.39 is 0 Å². The first-order valence-corrected chi connectivity index (χ1v) is 6.53. The molecule has 17 heavy (non-hydrogen) atoms. The minimum atomic E-state index is -0.117. The van der Waals surface area contributed by atoms with E-state index in [2.05, 4.69) is 13.0 Å². The average molecular weight is 238 g/mol. The molecule has 96 valence electrons. The Morgan fingerprint density at radius 3 is 3.00 bits per heavy atom. The van der Waals surface area contributed by atoms with Crippen molar-refractivity contribution in [1.82, 2.24) is 0 Å². The van der Waals surface area contributed by atoms with Crippen molar-refractivity contribution in [3.05, 3.63) is 11.6 Å². The predicted octanol–water partition coefficient (Wildman–Crippen LogP) is 2.70. The molecule has 1 aliphatic carbocycles. The molecule has 2 aliphatic rings. The molecule has 3 heteroatoms. The number of rotatable bonds is 1. The number of ketones is 1. The molecule has 2 rings (SSSR count). The number of allylic oxidation sites excluding steroid dienone is 2. The number of hydrogen-bond acceptors (Lipinski definition) is 3. The molecular formula is C14H22O3. The highest BCUT2D eigenvalue weighted by molar-refractivity contribution is 5.81. The first kappa shape index (κ1) is 12.8. The molecule has 0 aromatic rings. The Kier molecular flexibility index (Phi) is 4.35. The third-order valence-electron chi connectivity index (χ3n) is 4.00. The van der Waals surface area contributed by atoms with Gasteiger partial charge in [0, 0.05) is 25.9 Å². The van der Waals surface area contributed by atoms with Crippen molar-refractivity contribution in [2.24, 2.45) is 11.8 Å². The summed E-state index contributed by atoms with van der Waals surface area (Å²) >= 11 is 0. The van der Waals surface area contributed by atoms with E-state index >= 15 is 0 Å². The maximum atomic E-state index is 12.1. The van der Waals surface area contributed by atoms with Gasteiger partial charge < -0.3 is 9.47 Å². The summed E-state index contributed by atoms with van der Waals surface area (Å²) in [5, 5.41) is 0. The van der Waals surface area contributed by atoms with Crippen molar-refractivity contribution in [2.75, 3.05) is 13.7 Å². The molecule has 0 bridgehead atoms. The quantitative estimate of drug-likeness (QED) is 0.659. The largest absolute Gasteiger partial charge is 0.356 e. The molecule has 0 amide bonds. The van der Waals surface area contributed by atoms with Crippen LogP contribution in [0, 0.1) is 11.8 Å². The monoisotopic (exact) mass is 238 g/mol. The molecule has 0 unspecified atom stereocenters. The van der Waals surface area contributed by atoms with Crippen LogP contribution in [0.1, 0.15) is 39.0 Å². The van der Waals surface area contributed by atoms with Crippen molar-refractivity contribution >= 4 is 5.78 Å². The number of methoxy groups -OCH3 is 1. The van der Waals surface area contributed by atoms with E-state index in [-0.39, 0.29) is 12.2 Å². The van der Waals surface area contributed by atoms with Gasteiger partial charge in [-0.05, 0) is 32.1 Å². The van der Waals surface area contributed by atoms with Gasteiger partial charge in [-0.3, -0.25) is 4.79 Å². The summed E-state index contributed by atoms with van der Waals surface area (Å²) in [7, 11) is 1.67. The molecule has 0 aromatic carbocycles. The van der Waals surface area contributed by atoms with E-state index in [1.807, 2.05) is 0 Å². The molecule has 0 saturated carbocycles. The Hall–Kier alpha value is -0.670. The summed E-state index contributed by atoms with van der Waals surface area (Å²) in [5.41, 5.74) is 1.42. The fourth-order valence-electron chi connectivity index (χ4n) is 2.83. The zero-order valence-corrected chi connectivity index (χ0v) is 10.8. The fourth-order valence-corrected chi connectivity index (χ4v) is 2.83. The summed E-state index contributed by atoms with van der Waals surface area (Å²) in [6.07, 6.45) is 6.70. The van der Waals surface area contributed by atoms with Crippen LogP contribution >= 0.6 is 0 Å². The molecule has 0 N–H and O–H groups in total. The highest BCUT2D eigenvalue weighted by Gasteiger charge is 2.35. The molecule has 3 nitrogen and oxygen atoms in total. The van der Waals surface area contributed by atoms with Crippen molar-refractivity contribution in [2.45, 2.75) is 45.3 Å². The summed E-state index contributed by atoms with van der Waals surface area (Å²) in [4.78, 5) is 12.1. The van der Waals surface area contributed by atoms with Gasteiger partial charge in [-0.1, -0.05) is 11.6 Å². The fraction of sp³-hybridized carbons (Fsp3) is 0.786. The second-order valence-corrected chi connectivity index (χ2v) is 5.20. The number of Topliss-reactive ketones (excluding diaryl/α,β-unsaturated/α-hetero) is 1. The molecule has 1 fully saturated rings. The van der Waals surface area contributed by atoms with E-state index in [0.29, 0.717) is 24.7 Å². The Morgan fingerprint density at radius 2 is 2.24 bits per heavy atom. The van der Waals surface area contributed by atoms with Gasteiger partial charge in [-0.25, -0.2) is 0 Å². The Labute approximate surface area is 103 Å². The third-order valence-corrected chi connectivity index (χ3v) is 4.00. The molecule has 3 atom stereocenters. The molecular weight excluding hydrogens is 216 g/mol. The zero-order chi connectivity index (χ0) is 12.3. The van der Waals surface area contributed by atoms with E-state index in [1.165, 1.54) is 5.57 Å². The minimum absolute atomic E-state index is 0.0979. The second-order valence-electron chi connectivity index (χ2n) is 5.20. The molecule has 0 radical (unpaired) electrons. The molecule has 1 aliphatic heterocycles. The number of hydrogen-bond donors (Lipinski definition) is 0. The molecule has 1 saturated heterocycles. The number of fused-ring (bicyclic) bond motifs is 1. The first-order chi connectivity index (χ1) is 8.20. The topological polar surface area (TPSA) is 35.5 Å². The SMILES string of the molecule is CO[C@H]1C[C@H]2CC/C(C)=C/CCC(=O)[C@@H]2CO1. The Bertz CT molecular complexity index is 309. The number of carbonyl (C=O) groups is 1. The average Bonchev–Trinajstić information content (AvgIpc) is 2.41. The van der Waals surface area contributed by atoms with Crippen LogP contribution in [0.25, 0.3) is 0 Å². The summed E-state index contributed by atoms with van der Waals surface area (Å²) < 4.78 is 10.8. The van der Waals surface area contributed by atoms with Crippen LogP contribution in [-0.2, 0) is 14.3 Å². The van der Waals surface area contributed by atoms with Gasteiger partial charge in [0.25, 0.3) is 0 Å². The van der Waals surface area contributed by atoms with E-state index in [0.717, 1.165) is 25.7 Å².